The van der Waals surface area contributed by atoms with Crippen LogP contribution in [0.4, 0.5) is 0 Å². The summed E-state index contributed by atoms with van der Waals surface area (Å²) in [5, 5.41) is 0. The highest BCUT2D eigenvalue weighted by Crippen LogP contribution is 1.96. The maximum atomic E-state index is 5.42. The van der Waals surface area contributed by atoms with Crippen LogP contribution in [0.3, 0.4) is 0 Å². The molecule has 0 aromatic carbocycles. The van der Waals surface area contributed by atoms with Crippen molar-refractivity contribution in [1.29, 1.82) is 0 Å². The largest absolute Gasteiger partial charge is 0.362 e. The average molecular weight is 142 g/mol. The Balaban J connectivity index is 2.57. The van der Waals surface area contributed by atoms with Gasteiger partial charge < -0.3 is 4.98 Å². The summed E-state index contributed by atoms with van der Waals surface area (Å²) in [5.74, 6) is 0.568. The van der Waals surface area contributed by atoms with E-state index in [9.17, 15) is 0 Å². The third kappa shape index (κ3) is 1.94. The van der Waals surface area contributed by atoms with Crippen molar-refractivity contribution in [3.05, 3.63) is 30.1 Å². The van der Waals surface area contributed by atoms with Crippen molar-refractivity contribution < 1.29 is 0 Å². The predicted molar refractivity (Wildman–Crippen MR) is 40.5 cm³/mol. The van der Waals surface area contributed by atoms with E-state index in [4.69, 9.17) is 11.6 Å². The van der Waals surface area contributed by atoms with Gasteiger partial charge in [-0.1, -0.05) is 6.08 Å². The summed E-state index contributed by atoms with van der Waals surface area (Å²) < 4.78 is 0. The van der Waals surface area contributed by atoms with E-state index in [0.29, 0.717) is 5.88 Å². The zero-order chi connectivity index (χ0) is 6.53. The minimum atomic E-state index is 0.568. The highest BCUT2D eigenvalue weighted by molar-refractivity contribution is 6.19. The van der Waals surface area contributed by atoms with Crippen LogP contribution in [0.2, 0.25) is 0 Å². The highest BCUT2D eigenvalue weighted by Gasteiger charge is 1.80. The van der Waals surface area contributed by atoms with Crippen LogP contribution in [0.5, 0.6) is 0 Å². The zero-order valence-corrected chi connectivity index (χ0v) is 5.73. The first-order valence-corrected chi connectivity index (χ1v) is 3.33. The van der Waals surface area contributed by atoms with Crippen molar-refractivity contribution in [2.24, 2.45) is 0 Å². The normalized spacial score (nSPS) is 10.8. The molecule has 0 saturated carbocycles. The Labute approximate surface area is 59.3 Å². The van der Waals surface area contributed by atoms with Crippen molar-refractivity contribution in [2.45, 2.75) is 0 Å². The van der Waals surface area contributed by atoms with Gasteiger partial charge in [0, 0.05) is 17.8 Å². The van der Waals surface area contributed by atoms with Crippen LogP contribution < -0.4 is 0 Å². The molecule has 1 aromatic heterocycles. The van der Waals surface area contributed by atoms with Gasteiger partial charge in [0.15, 0.2) is 0 Å². The molecule has 9 heavy (non-hydrogen) atoms. The molecular weight excluding hydrogens is 134 g/mol. The molecule has 0 spiro atoms. The number of aromatic amines is 1. The van der Waals surface area contributed by atoms with Crippen LogP contribution in [0.15, 0.2) is 24.4 Å². The molecule has 0 bridgehead atoms. The minimum Gasteiger partial charge on any atom is -0.362 e. The highest BCUT2D eigenvalue weighted by atomic mass is 35.5. The number of hydrogen-bond donors (Lipinski definition) is 1. The van der Waals surface area contributed by atoms with Gasteiger partial charge in [0.05, 0.1) is 0 Å². The summed E-state index contributed by atoms with van der Waals surface area (Å²) in [5.41, 5.74) is 1.09. The molecule has 1 heterocycles. The van der Waals surface area contributed by atoms with Crippen LogP contribution in [0, 0.1) is 0 Å². The quantitative estimate of drug-likeness (QED) is 0.609. The monoisotopic (exact) mass is 141 g/mol. The second-order valence-electron chi connectivity index (χ2n) is 1.68. The summed E-state index contributed by atoms with van der Waals surface area (Å²) >= 11 is 5.42. The maximum Gasteiger partial charge on any atom is 0.0407 e. The van der Waals surface area contributed by atoms with E-state index in [-0.39, 0.29) is 0 Å². The first-order valence-electron chi connectivity index (χ1n) is 2.79. The number of allylic oxidation sites excluding steroid dienone is 1. The molecule has 0 saturated heterocycles. The lowest BCUT2D eigenvalue weighted by atomic mass is 10.4. The van der Waals surface area contributed by atoms with Gasteiger partial charge in [0.25, 0.3) is 0 Å². The lowest BCUT2D eigenvalue weighted by Gasteiger charge is -1.80. The molecule has 0 atom stereocenters. The molecule has 0 aliphatic rings. The van der Waals surface area contributed by atoms with Crippen LogP contribution in [-0.2, 0) is 0 Å². The number of alkyl halides is 1. The zero-order valence-electron chi connectivity index (χ0n) is 4.97. The van der Waals surface area contributed by atoms with E-state index < -0.39 is 0 Å². The van der Waals surface area contributed by atoms with Gasteiger partial charge in [0.1, 0.15) is 0 Å². The molecule has 0 radical (unpaired) electrons. The molecule has 0 amide bonds. The van der Waals surface area contributed by atoms with Gasteiger partial charge >= 0.3 is 0 Å². The van der Waals surface area contributed by atoms with E-state index in [1.165, 1.54) is 0 Å². The SMILES string of the molecule is ClCC=Cc1ccc[nH]1. The van der Waals surface area contributed by atoms with Crippen molar-refractivity contribution in [3.8, 4) is 0 Å². The lowest BCUT2D eigenvalue weighted by Crippen LogP contribution is -1.66. The first kappa shape index (κ1) is 6.43. The first-order chi connectivity index (χ1) is 4.43. The van der Waals surface area contributed by atoms with Gasteiger partial charge in [0.2, 0.25) is 0 Å². The molecule has 0 unspecified atom stereocenters. The third-order valence-electron chi connectivity index (χ3n) is 1.01. The van der Waals surface area contributed by atoms with Gasteiger partial charge in [-0.05, 0) is 18.2 Å². The number of nitrogens with one attached hydrogen (secondary N) is 1. The summed E-state index contributed by atoms with van der Waals surface area (Å²) in [6.45, 7) is 0. The second kappa shape index (κ2) is 3.36. The van der Waals surface area contributed by atoms with Gasteiger partial charge in [-0.25, -0.2) is 0 Å². The van der Waals surface area contributed by atoms with Crippen molar-refractivity contribution in [1.82, 2.24) is 4.98 Å². The maximum absolute atomic E-state index is 5.42. The van der Waals surface area contributed by atoms with Crippen LogP contribution in [-0.4, -0.2) is 10.9 Å². The molecule has 0 aliphatic heterocycles. The number of aromatic nitrogens is 1. The Morgan fingerprint density at radius 3 is 3.11 bits per heavy atom. The Morgan fingerprint density at radius 1 is 1.67 bits per heavy atom. The summed E-state index contributed by atoms with van der Waals surface area (Å²) in [4.78, 5) is 3.03. The smallest absolute Gasteiger partial charge is 0.0407 e. The minimum absolute atomic E-state index is 0.568. The second-order valence-corrected chi connectivity index (χ2v) is 1.99. The predicted octanol–water partition coefficient (Wildman–Crippen LogP) is 2.27. The van der Waals surface area contributed by atoms with E-state index in [2.05, 4.69) is 4.98 Å². The van der Waals surface area contributed by atoms with Gasteiger partial charge in [-0.2, -0.15) is 0 Å². The van der Waals surface area contributed by atoms with E-state index >= 15 is 0 Å². The molecule has 1 nitrogen and oxygen atoms in total. The molecule has 1 N–H and O–H groups in total. The Kier molecular flexibility index (Phi) is 2.40. The fraction of sp³-hybridized carbons (Fsp3) is 0.143. The van der Waals surface area contributed by atoms with Crippen LogP contribution >= 0.6 is 11.6 Å². The van der Waals surface area contributed by atoms with Gasteiger partial charge in [-0.15, -0.1) is 11.6 Å². The summed E-state index contributed by atoms with van der Waals surface area (Å²) in [6.07, 6.45) is 5.73. The number of hydrogen-bond acceptors (Lipinski definition) is 0. The molecular formula is C7H8ClN. The molecule has 48 valence electrons. The van der Waals surface area contributed by atoms with Crippen molar-refractivity contribution in [3.63, 3.8) is 0 Å². The van der Waals surface area contributed by atoms with Gasteiger partial charge in [-0.3, -0.25) is 0 Å². The molecule has 2 heteroatoms. The van der Waals surface area contributed by atoms with Crippen molar-refractivity contribution >= 4 is 17.7 Å². The average Bonchev–Trinajstić information content (AvgIpc) is 2.34. The number of halogens is 1. The summed E-state index contributed by atoms with van der Waals surface area (Å²) in [7, 11) is 0. The Bertz CT molecular complexity index is 177. The van der Waals surface area contributed by atoms with E-state index in [1.807, 2.05) is 30.5 Å². The standard InChI is InChI=1S/C7H8ClN/c8-5-1-3-7-4-2-6-9-7/h1-4,6,9H,5H2. The number of rotatable bonds is 2. The van der Waals surface area contributed by atoms with Crippen LogP contribution in [0.1, 0.15) is 5.69 Å². The molecule has 1 rings (SSSR count). The Morgan fingerprint density at radius 2 is 2.56 bits per heavy atom. The topological polar surface area (TPSA) is 15.8 Å². The van der Waals surface area contributed by atoms with E-state index in [0.717, 1.165) is 5.69 Å². The van der Waals surface area contributed by atoms with Crippen molar-refractivity contribution in [2.75, 3.05) is 5.88 Å². The lowest BCUT2D eigenvalue weighted by molar-refractivity contribution is 1.37. The third-order valence-corrected chi connectivity index (χ3v) is 1.19. The fourth-order valence-electron chi connectivity index (χ4n) is 0.619. The Hall–Kier alpha value is -0.690. The van der Waals surface area contributed by atoms with Crippen LogP contribution in [0.25, 0.3) is 6.08 Å². The molecule has 0 aliphatic carbocycles. The summed E-state index contributed by atoms with van der Waals surface area (Å²) in [6, 6.07) is 3.94. The van der Waals surface area contributed by atoms with E-state index in [1.54, 1.807) is 0 Å². The molecule has 0 fully saturated rings. The fourth-order valence-corrected chi connectivity index (χ4v) is 0.708. The molecule has 1 aromatic rings. The number of H-pyrrole nitrogens is 1.